The van der Waals surface area contributed by atoms with Gasteiger partial charge in [0, 0.05) is 6.42 Å². The summed E-state index contributed by atoms with van der Waals surface area (Å²) in [5.74, 6) is -0.322. The first-order valence-electron chi connectivity index (χ1n) is 27.0. The van der Waals surface area contributed by atoms with Crippen molar-refractivity contribution in [1.82, 2.24) is 5.32 Å². The van der Waals surface area contributed by atoms with E-state index in [1.54, 1.807) is 12.2 Å². The fourth-order valence-electron chi connectivity index (χ4n) is 8.39. The minimum absolute atomic E-state index is 0.198. The van der Waals surface area contributed by atoms with Crippen molar-refractivity contribution >= 4 is 5.91 Å². The maximum atomic E-state index is 13.2. The lowest BCUT2D eigenvalue weighted by Crippen LogP contribution is -2.66. The van der Waals surface area contributed by atoms with Crippen LogP contribution in [0.2, 0.25) is 0 Å². The zero-order chi connectivity index (χ0) is 54.8. The summed E-state index contributed by atoms with van der Waals surface area (Å²) in [6.07, 6.45) is 20.2. The molecular weight excluding hydrogens is 975 g/mol. The maximum Gasteiger partial charge on any atom is 0.220 e. The lowest BCUT2D eigenvalue weighted by atomic mass is 9.96. The van der Waals surface area contributed by atoms with Gasteiger partial charge in [-0.15, -0.1) is 0 Å². The molecule has 0 aliphatic carbocycles. The molecule has 19 nitrogen and oxygen atoms in total. The van der Waals surface area contributed by atoms with Crippen LogP contribution in [0.5, 0.6) is 0 Å². The Morgan fingerprint density at radius 1 is 0.493 bits per heavy atom. The molecule has 428 valence electrons. The van der Waals surface area contributed by atoms with Crippen LogP contribution in [0.25, 0.3) is 0 Å². The first-order chi connectivity index (χ1) is 36.3. The largest absolute Gasteiger partial charge is 0.394 e. The SMILES string of the molecule is CC/C=C\C/C=C\C/C=C\C/C=C\C/C=C\C/C=C\CCCCCCC(=O)NC(COC1OC(CO)C(OC2OC(CO)C(OC3OC(CO)C(O)C(O)C3O)C(O)C2O)C(O)C1O)C(O)/C=C/CC/C=C/CCC. The Morgan fingerprint density at radius 3 is 1.47 bits per heavy atom. The van der Waals surface area contributed by atoms with Gasteiger partial charge in [0.15, 0.2) is 18.9 Å². The molecule has 75 heavy (non-hydrogen) atoms. The van der Waals surface area contributed by atoms with Gasteiger partial charge >= 0.3 is 0 Å². The van der Waals surface area contributed by atoms with E-state index in [9.17, 15) is 61.0 Å². The number of carbonyl (C=O) groups excluding carboxylic acids is 1. The van der Waals surface area contributed by atoms with Gasteiger partial charge < -0.3 is 89.9 Å². The highest BCUT2D eigenvalue weighted by Crippen LogP contribution is 2.33. The van der Waals surface area contributed by atoms with E-state index in [4.69, 9.17) is 28.4 Å². The van der Waals surface area contributed by atoms with Gasteiger partial charge in [-0.2, -0.15) is 0 Å². The average Bonchev–Trinajstić information content (AvgIpc) is 3.41. The summed E-state index contributed by atoms with van der Waals surface area (Å²) in [6.45, 7) is 1.39. The van der Waals surface area contributed by atoms with Crippen LogP contribution in [-0.2, 0) is 33.2 Å². The Bertz CT molecular complexity index is 1750. The molecule has 0 aromatic rings. The number of aliphatic hydroxyl groups is 11. The zero-order valence-corrected chi connectivity index (χ0v) is 44.0. The molecule has 17 unspecified atom stereocenters. The van der Waals surface area contributed by atoms with E-state index in [0.29, 0.717) is 12.8 Å². The molecule has 19 heteroatoms. The summed E-state index contributed by atoms with van der Waals surface area (Å²) in [5, 5.41) is 119. The Morgan fingerprint density at radius 2 is 0.933 bits per heavy atom. The predicted molar refractivity (Wildman–Crippen MR) is 281 cm³/mol. The van der Waals surface area contributed by atoms with E-state index in [2.05, 4.69) is 104 Å². The number of allylic oxidation sites excluding steroid dienone is 15. The summed E-state index contributed by atoms with van der Waals surface area (Å²) >= 11 is 0. The Hall–Kier alpha value is -3.29. The van der Waals surface area contributed by atoms with Gasteiger partial charge in [0.2, 0.25) is 5.91 Å². The minimum atomic E-state index is -1.99. The number of carbonyl (C=O) groups is 1. The fourth-order valence-corrected chi connectivity index (χ4v) is 8.39. The van der Waals surface area contributed by atoms with Crippen LogP contribution in [0.3, 0.4) is 0 Å². The average molecular weight is 1070 g/mol. The number of unbranched alkanes of at least 4 members (excludes halogenated alkanes) is 6. The Balaban J connectivity index is 1.48. The van der Waals surface area contributed by atoms with Crippen molar-refractivity contribution in [1.29, 1.82) is 0 Å². The van der Waals surface area contributed by atoms with Gasteiger partial charge in [-0.25, -0.2) is 0 Å². The molecule has 3 aliphatic heterocycles. The molecule has 17 atom stereocenters. The van der Waals surface area contributed by atoms with Gasteiger partial charge in [0.25, 0.3) is 0 Å². The van der Waals surface area contributed by atoms with Crippen LogP contribution in [0.4, 0.5) is 0 Å². The highest BCUT2D eigenvalue weighted by atomic mass is 16.8. The van der Waals surface area contributed by atoms with Crippen LogP contribution in [0, 0.1) is 0 Å². The first kappa shape index (κ1) is 66.0. The Labute approximate surface area is 443 Å². The zero-order valence-electron chi connectivity index (χ0n) is 44.0. The van der Waals surface area contributed by atoms with E-state index >= 15 is 0 Å². The van der Waals surface area contributed by atoms with E-state index in [0.717, 1.165) is 83.5 Å². The number of nitrogens with one attached hydrogen (secondary N) is 1. The molecule has 0 bridgehead atoms. The molecule has 12 N–H and O–H groups in total. The molecule has 0 aromatic heterocycles. The number of rotatable bonds is 36. The van der Waals surface area contributed by atoms with Gasteiger partial charge in [0.1, 0.15) is 73.2 Å². The molecule has 3 rings (SSSR count). The third kappa shape index (κ3) is 24.1. The third-order valence-electron chi connectivity index (χ3n) is 12.8. The van der Waals surface area contributed by atoms with E-state index in [-0.39, 0.29) is 18.9 Å². The second-order valence-electron chi connectivity index (χ2n) is 18.9. The minimum Gasteiger partial charge on any atom is -0.394 e. The van der Waals surface area contributed by atoms with E-state index in [1.807, 2.05) is 0 Å². The highest BCUT2D eigenvalue weighted by molar-refractivity contribution is 5.76. The number of hydrogen-bond acceptors (Lipinski definition) is 18. The molecule has 0 saturated carbocycles. The van der Waals surface area contributed by atoms with Gasteiger partial charge in [-0.3, -0.25) is 4.79 Å². The van der Waals surface area contributed by atoms with Crippen molar-refractivity contribution in [2.45, 2.75) is 221 Å². The number of aliphatic hydroxyl groups excluding tert-OH is 11. The molecular formula is C56H91NO18. The van der Waals surface area contributed by atoms with Gasteiger partial charge in [-0.1, -0.05) is 130 Å². The summed E-state index contributed by atoms with van der Waals surface area (Å²) < 4.78 is 34.0. The molecule has 0 spiro atoms. The van der Waals surface area contributed by atoms with Crippen LogP contribution in [0.1, 0.15) is 117 Å². The van der Waals surface area contributed by atoms with Gasteiger partial charge in [-0.05, 0) is 77.0 Å². The van der Waals surface area contributed by atoms with Crippen molar-refractivity contribution in [3.05, 3.63) is 97.2 Å². The molecule has 3 saturated heterocycles. The van der Waals surface area contributed by atoms with Crippen LogP contribution in [-0.4, -0.2) is 193 Å². The van der Waals surface area contributed by atoms with Crippen LogP contribution in [0.15, 0.2) is 97.2 Å². The monoisotopic (exact) mass is 1070 g/mol. The highest BCUT2D eigenvalue weighted by Gasteiger charge is 2.53. The molecule has 3 fully saturated rings. The number of hydrogen-bond donors (Lipinski definition) is 12. The van der Waals surface area contributed by atoms with Crippen LogP contribution < -0.4 is 5.32 Å². The summed E-state index contributed by atoms with van der Waals surface area (Å²) in [6, 6.07) is -1.01. The molecule has 0 aromatic carbocycles. The predicted octanol–water partition coefficient (Wildman–Crippen LogP) is 3.03. The summed E-state index contributed by atoms with van der Waals surface area (Å²) in [4.78, 5) is 13.2. The van der Waals surface area contributed by atoms with E-state index < -0.39 is 124 Å². The number of amides is 1. The van der Waals surface area contributed by atoms with Gasteiger partial charge in [0.05, 0.1) is 38.6 Å². The van der Waals surface area contributed by atoms with Crippen molar-refractivity contribution < 1.29 is 89.4 Å². The fraction of sp³-hybridized carbons (Fsp3) is 0.696. The van der Waals surface area contributed by atoms with Crippen molar-refractivity contribution in [2.75, 3.05) is 26.4 Å². The summed E-state index contributed by atoms with van der Waals surface area (Å²) in [7, 11) is 0. The standard InChI is InChI=1S/C56H91NO18/c1-3-5-7-9-11-12-13-14-15-16-17-18-19-20-21-22-23-24-25-26-28-30-32-34-44(62)57-39(40(61)33-31-29-27-10-8-6-4-2)38-70-54-50(68)47(65)52(42(36-59)72-54)75-56-51(69)48(66)53(43(37-60)73-56)74-55-49(67)46(64)45(63)41(35-58)71-55/h5,7-8,10-12,14-15,17-18,20-21,23-24,31,33,39-43,45-56,58-61,63-69H,3-4,6,9,13,16,19,22,25-30,32,34-38H2,1-2H3,(H,57,62)/b7-5-,10-8+,12-11-,15-14-,18-17-,21-20-,24-23-,33-31+. The molecule has 0 radical (unpaired) electrons. The summed E-state index contributed by atoms with van der Waals surface area (Å²) in [5.41, 5.74) is 0. The van der Waals surface area contributed by atoms with Crippen molar-refractivity contribution in [3.63, 3.8) is 0 Å². The maximum absolute atomic E-state index is 13.2. The lowest BCUT2D eigenvalue weighted by molar-refractivity contribution is -0.379. The second kappa shape index (κ2) is 39.1. The second-order valence-corrected chi connectivity index (χ2v) is 18.9. The molecule has 3 aliphatic rings. The smallest absolute Gasteiger partial charge is 0.220 e. The molecule has 1 amide bonds. The quantitative estimate of drug-likeness (QED) is 0.0317. The molecule has 3 heterocycles. The lowest BCUT2D eigenvalue weighted by Gasteiger charge is -2.48. The normalized spacial score (nSPS) is 32.0. The van der Waals surface area contributed by atoms with Crippen molar-refractivity contribution in [2.24, 2.45) is 0 Å². The number of ether oxygens (including phenoxy) is 6. The van der Waals surface area contributed by atoms with Crippen LogP contribution >= 0.6 is 0 Å². The van der Waals surface area contributed by atoms with Crippen molar-refractivity contribution in [3.8, 4) is 0 Å². The van der Waals surface area contributed by atoms with E-state index in [1.165, 1.54) is 0 Å². The third-order valence-corrected chi connectivity index (χ3v) is 12.8. The topological polar surface area (TPSA) is 307 Å². The first-order valence-corrected chi connectivity index (χ1v) is 27.0. The Kier molecular flexibility index (Phi) is 34.4.